The van der Waals surface area contributed by atoms with Gasteiger partial charge in [-0.25, -0.2) is 0 Å². The lowest BCUT2D eigenvalue weighted by Crippen LogP contribution is -2.24. The highest BCUT2D eigenvalue weighted by Gasteiger charge is 2.38. The summed E-state index contributed by atoms with van der Waals surface area (Å²) >= 11 is 11.9. The van der Waals surface area contributed by atoms with Gasteiger partial charge < -0.3 is 14.6 Å². The van der Waals surface area contributed by atoms with E-state index in [-0.39, 0.29) is 10.8 Å². The van der Waals surface area contributed by atoms with Crippen molar-refractivity contribution in [3.05, 3.63) is 27.2 Å². The van der Waals surface area contributed by atoms with Gasteiger partial charge in [-0.15, -0.1) is 0 Å². The Morgan fingerprint density at radius 3 is 2.38 bits per heavy atom. The van der Waals surface area contributed by atoms with Gasteiger partial charge in [-0.2, -0.15) is 0 Å². The van der Waals surface area contributed by atoms with Crippen molar-refractivity contribution in [1.82, 2.24) is 0 Å². The van der Waals surface area contributed by atoms with Crippen molar-refractivity contribution in [3.63, 3.8) is 0 Å². The van der Waals surface area contributed by atoms with E-state index in [2.05, 4.69) is 0 Å². The van der Waals surface area contributed by atoms with Gasteiger partial charge in [-0.05, 0) is 25.5 Å². The molecular weight excluding hydrogens is 251 g/mol. The highest BCUT2D eigenvalue weighted by atomic mass is 35.5. The van der Waals surface area contributed by atoms with Gasteiger partial charge in [-0.3, -0.25) is 0 Å². The Hall–Kier alpha value is -0.480. The fraction of sp³-hybridized carbons (Fsp3) is 0.455. The lowest BCUT2D eigenvalue weighted by atomic mass is 10.00. The van der Waals surface area contributed by atoms with Crippen molar-refractivity contribution in [3.8, 4) is 5.75 Å². The second-order valence-corrected chi connectivity index (χ2v) is 4.65. The van der Waals surface area contributed by atoms with Crippen molar-refractivity contribution in [2.24, 2.45) is 0 Å². The van der Waals surface area contributed by atoms with Gasteiger partial charge in [-0.1, -0.05) is 23.2 Å². The molecule has 1 saturated heterocycles. The van der Waals surface area contributed by atoms with Crippen LogP contribution in [0.3, 0.4) is 0 Å². The smallest absolute Gasteiger partial charge is 0.196 e. The Kier molecular flexibility index (Phi) is 3.05. The first kappa shape index (κ1) is 12.0. The summed E-state index contributed by atoms with van der Waals surface area (Å²) < 4.78 is 11.0. The Morgan fingerprint density at radius 1 is 1.25 bits per heavy atom. The van der Waals surface area contributed by atoms with Crippen LogP contribution in [0.25, 0.3) is 0 Å². The average Bonchev–Trinajstić information content (AvgIpc) is 2.63. The molecule has 1 aliphatic heterocycles. The van der Waals surface area contributed by atoms with Crippen molar-refractivity contribution < 1.29 is 14.6 Å². The van der Waals surface area contributed by atoms with E-state index >= 15 is 0 Å². The van der Waals surface area contributed by atoms with Crippen LogP contribution in [0.2, 0.25) is 10.0 Å². The summed E-state index contributed by atoms with van der Waals surface area (Å²) in [6.07, 6.45) is 0. The number of phenolic OH excluding ortho intramolecular Hbond substituents is 1. The monoisotopic (exact) mass is 262 g/mol. The molecule has 0 aromatic heterocycles. The Morgan fingerprint density at radius 2 is 1.81 bits per heavy atom. The number of hydrogen-bond donors (Lipinski definition) is 1. The van der Waals surface area contributed by atoms with Crippen molar-refractivity contribution in [2.75, 3.05) is 13.2 Å². The average molecular weight is 263 g/mol. The molecule has 1 N–H and O–H groups in total. The molecule has 0 atom stereocenters. The molecule has 1 fully saturated rings. The van der Waals surface area contributed by atoms with Crippen molar-refractivity contribution >= 4 is 23.2 Å². The van der Waals surface area contributed by atoms with Crippen LogP contribution in [-0.2, 0) is 15.3 Å². The third-order valence-corrected chi connectivity index (χ3v) is 3.42. The topological polar surface area (TPSA) is 38.7 Å². The first-order valence-corrected chi connectivity index (χ1v) is 5.67. The standard InChI is InChI=1S/C11H12Cl2O3/c1-6-7(12)5-8(13)10(14)9(6)11(2)15-3-4-16-11/h5,14H,3-4H2,1-2H3. The fourth-order valence-corrected chi connectivity index (χ4v) is 2.38. The predicted octanol–water partition coefficient (Wildman–Crippen LogP) is 3.23. The molecule has 2 rings (SSSR count). The van der Waals surface area contributed by atoms with Gasteiger partial charge >= 0.3 is 0 Å². The number of rotatable bonds is 1. The van der Waals surface area contributed by atoms with Gasteiger partial charge in [0.15, 0.2) is 5.79 Å². The van der Waals surface area contributed by atoms with Gasteiger partial charge in [0, 0.05) is 5.02 Å². The quantitative estimate of drug-likeness (QED) is 0.845. The van der Waals surface area contributed by atoms with Crippen LogP contribution in [0.5, 0.6) is 5.75 Å². The molecule has 0 amide bonds. The number of halogens is 2. The molecule has 0 aliphatic carbocycles. The Bertz CT molecular complexity index is 399. The normalized spacial score (nSPS) is 19.0. The summed E-state index contributed by atoms with van der Waals surface area (Å²) in [6.45, 7) is 4.51. The summed E-state index contributed by atoms with van der Waals surface area (Å²) in [4.78, 5) is 0. The molecule has 0 radical (unpaired) electrons. The number of ether oxygens (including phenoxy) is 2. The van der Waals surface area contributed by atoms with Gasteiger partial charge in [0.1, 0.15) is 5.75 Å². The lowest BCUT2D eigenvalue weighted by molar-refractivity contribution is -0.151. The van der Waals surface area contributed by atoms with Crippen LogP contribution < -0.4 is 0 Å². The maximum absolute atomic E-state index is 9.98. The molecule has 1 aromatic carbocycles. The van der Waals surface area contributed by atoms with E-state index in [9.17, 15) is 5.11 Å². The van der Waals surface area contributed by atoms with E-state index in [0.29, 0.717) is 29.4 Å². The van der Waals surface area contributed by atoms with E-state index in [1.807, 2.05) is 0 Å². The maximum atomic E-state index is 9.98. The SMILES string of the molecule is Cc1c(Cl)cc(Cl)c(O)c1C1(C)OCCO1. The third kappa shape index (κ3) is 1.78. The zero-order chi connectivity index (χ0) is 11.9. The highest BCUT2D eigenvalue weighted by molar-refractivity contribution is 6.36. The molecule has 0 unspecified atom stereocenters. The summed E-state index contributed by atoms with van der Waals surface area (Å²) in [5.74, 6) is -1.00. The lowest BCUT2D eigenvalue weighted by Gasteiger charge is -2.26. The van der Waals surface area contributed by atoms with Gasteiger partial charge in [0.25, 0.3) is 0 Å². The van der Waals surface area contributed by atoms with E-state index < -0.39 is 5.79 Å². The van der Waals surface area contributed by atoms with Crippen LogP contribution in [-0.4, -0.2) is 18.3 Å². The Labute approximate surface area is 104 Å². The number of hydrogen-bond acceptors (Lipinski definition) is 3. The molecule has 1 heterocycles. The largest absolute Gasteiger partial charge is 0.506 e. The van der Waals surface area contributed by atoms with Crippen molar-refractivity contribution in [1.29, 1.82) is 0 Å². The molecule has 5 heteroatoms. The van der Waals surface area contributed by atoms with Gasteiger partial charge in [0.2, 0.25) is 0 Å². The minimum Gasteiger partial charge on any atom is -0.506 e. The molecular formula is C11H12Cl2O3. The summed E-state index contributed by atoms with van der Waals surface area (Å²) in [5, 5.41) is 10.7. The second-order valence-electron chi connectivity index (χ2n) is 3.83. The summed E-state index contributed by atoms with van der Waals surface area (Å²) in [5.41, 5.74) is 1.22. The minimum atomic E-state index is -0.970. The number of benzene rings is 1. The van der Waals surface area contributed by atoms with Crippen molar-refractivity contribution in [2.45, 2.75) is 19.6 Å². The summed E-state index contributed by atoms with van der Waals surface area (Å²) in [6, 6.07) is 1.51. The zero-order valence-corrected chi connectivity index (χ0v) is 10.5. The molecule has 3 nitrogen and oxygen atoms in total. The minimum absolute atomic E-state index is 0.0343. The van der Waals surface area contributed by atoms with E-state index in [0.717, 1.165) is 0 Å². The van der Waals surface area contributed by atoms with Crippen LogP contribution in [0.4, 0.5) is 0 Å². The third-order valence-electron chi connectivity index (χ3n) is 2.74. The molecule has 16 heavy (non-hydrogen) atoms. The molecule has 0 spiro atoms. The highest BCUT2D eigenvalue weighted by Crippen LogP contribution is 2.44. The number of phenols is 1. The first-order chi connectivity index (χ1) is 7.46. The molecule has 0 saturated carbocycles. The summed E-state index contributed by atoms with van der Waals surface area (Å²) in [7, 11) is 0. The maximum Gasteiger partial charge on any atom is 0.196 e. The van der Waals surface area contributed by atoms with E-state index in [1.165, 1.54) is 6.07 Å². The molecule has 0 bridgehead atoms. The molecule has 1 aliphatic rings. The van der Waals surface area contributed by atoms with Crippen LogP contribution in [0.15, 0.2) is 6.07 Å². The first-order valence-electron chi connectivity index (χ1n) is 4.91. The predicted molar refractivity (Wildman–Crippen MR) is 62.1 cm³/mol. The fourth-order valence-electron chi connectivity index (χ4n) is 1.92. The zero-order valence-electron chi connectivity index (χ0n) is 9.01. The van der Waals surface area contributed by atoms with E-state index in [4.69, 9.17) is 32.7 Å². The van der Waals surface area contributed by atoms with Crippen LogP contribution in [0, 0.1) is 6.92 Å². The second kappa shape index (κ2) is 4.08. The molecule has 88 valence electrons. The van der Waals surface area contributed by atoms with Crippen LogP contribution in [0.1, 0.15) is 18.1 Å². The van der Waals surface area contributed by atoms with Gasteiger partial charge in [0.05, 0.1) is 23.8 Å². The van der Waals surface area contributed by atoms with Crippen LogP contribution >= 0.6 is 23.2 Å². The van der Waals surface area contributed by atoms with E-state index in [1.54, 1.807) is 13.8 Å². The molecule has 1 aromatic rings. The number of aromatic hydroxyl groups is 1. The Balaban J connectivity index is 2.63.